The first-order valence-corrected chi connectivity index (χ1v) is 6.20. The first-order valence-electron chi connectivity index (χ1n) is 5.82. The molecular formula is C13H13ClN2O2. The molecule has 0 bridgehead atoms. The van der Waals surface area contributed by atoms with Gasteiger partial charge >= 0.3 is 5.97 Å². The van der Waals surface area contributed by atoms with Crippen LogP contribution >= 0.6 is 11.6 Å². The van der Waals surface area contributed by atoms with Crippen LogP contribution in [0.15, 0.2) is 18.2 Å². The molecule has 0 spiro atoms. The lowest BCUT2D eigenvalue weighted by molar-refractivity contribution is -0.139. The van der Waals surface area contributed by atoms with E-state index in [1.807, 2.05) is 11.0 Å². The minimum atomic E-state index is -0.824. The van der Waals surface area contributed by atoms with E-state index in [0.29, 0.717) is 29.2 Å². The SMILES string of the molecule is N#Cc1ccc(N2CCCCC2C(=O)O)c(Cl)c1. The van der Waals surface area contributed by atoms with E-state index in [1.54, 1.807) is 18.2 Å². The van der Waals surface area contributed by atoms with Crippen molar-refractivity contribution in [3.05, 3.63) is 28.8 Å². The van der Waals surface area contributed by atoms with E-state index >= 15 is 0 Å². The number of carbonyl (C=O) groups is 1. The monoisotopic (exact) mass is 264 g/mol. The van der Waals surface area contributed by atoms with Gasteiger partial charge in [0.1, 0.15) is 6.04 Å². The number of rotatable bonds is 2. The van der Waals surface area contributed by atoms with Crippen LogP contribution in [0.1, 0.15) is 24.8 Å². The lowest BCUT2D eigenvalue weighted by atomic mass is 10.0. The number of nitriles is 1. The van der Waals surface area contributed by atoms with Crippen LogP contribution < -0.4 is 4.90 Å². The van der Waals surface area contributed by atoms with E-state index in [2.05, 4.69) is 0 Å². The van der Waals surface area contributed by atoms with Gasteiger partial charge in [0, 0.05) is 6.54 Å². The Morgan fingerprint density at radius 2 is 2.28 bits per heavy atom. The molecule has 1 aromatic rings. The quantitative estimate of drug-likeness (QED) is 0.892. The third-order valence-corrected chi connectivity index (χ3v) is 3.48. The maximum absolute atomic E-state index is 11.2. The molecule has 1 aromatic carbocycles. The molecule has 5 heteroatoms. The summed E-state index contributed by atoms with van der Waals surface area (Å²) in [4.78, 5) is 13.1. The van der Waals surface area contributed by atoms with E-state index < -0.39 is 12.0 Å². The smallest absolute Gasteiger partial charge is 0.326 e. The number of piperidine rings is 1. The van der Waals surface area contributed by atoms with Crippen LogP contribution in [0.5, 0.6) is 0 Å². The Balaban J connectivity index is 2.34. The van der Waals surface area contributed by atoms with Crippen LogP contribution in [0, 0.1) is 11.3 Å². The molecule has 94 valence electrons. The van der Waals surface area contributed by atoms with Gasteiger partial charge in [0.25, 0.3) is 0 Å². The Bertz CT molecular complexity index is 510. The van der Waals surface area contributed by atoms with Crippen LogP contribution in [-0.4, -0.2) is 23.7 Å². The number of carboxylic acids is 1. The van der Waals surface area contributed by atoms with Crippen molar-refractivity contribution < 1.29 is 9.90 Å². The van der Waals surface area contributed by atoms with Gasteiger partial charge in [-0.2, -0.15) is 5.26 Å². The zero-order valence-corrected chi connectivity index (χ0v) is 10.5. The maximum atomic E-state index is 11.2. The highest BCUT2D eigenvalue weighted by molar-refractivity contribution is 6.33. The Kier molecular flexibility index (Phi) is 3.73. The molecule has 0 saturated carbocycles. The molecule has 1 heterocycles. The molecule has 1 N–H and O–H groups in total. The topological polar surface area (TPSA) is 64.3 Å². The molecule has 0 aromatic heterocycles. The van der Waals surface area contributed by atoms with E-state index in [9.17, 15) is 9.90 Å². The van der Waals surface area contributed by atoms with Gasteiger partial charge in [-0.25, -0.2) is 4.79 Å². The molecule has 1 fully saturated rings. The molecule has 1 aliphatic rings. The fraction of sp³-hybridized carbons (Fsp3) is 0.385. The Morgan fingerprint density at radius 1 is 1.50 bits per heavy atom. The molecule has 1 unspecified atom stereocenters. The molecule has 0 amide bonds. The van der Waals surface area contributed by atoms with Gasteiger partial charge < -0.3 is 10.0 Å². The highest BCUT2D eigenvalue weighted by atomic mass is 35.5. The van der Waals surface area contributed by atoms with Gasteiger partial charge in [-0.15, -0.1) is 0 Å². The molecule has 0 aliphatic carbocycles. The van der Waals surface area contributed by atoms with Crippen molar-refractivity contribution in [1.82, 2.24) is 0 Å². The van der Waals surface area contributed by atoms with Crippen molar-refractivity contribution in [3.8, 4) is 6.07 Å². The largest absolute Gasteiger partial charge is 0.480 e. The summed E-state index contributed by atoms with van der Waals surface area (Å²) in [5.74, 6) is -0.824. The van der Waals surface area contributed by atoms with Crippen molar-refractivity contribution in [2.75, 3.05) is 11.4 Å². The fourth-order valence-electron chi connectivity index (χ4n) is 2.29. The number of nitrogens with zero attached hydrogens (tertiary/aromatic N) is 2. The van der Waals surface area contributed by atoms with Crippen LogP contribution in [0.25, 0.3) is 0 Å². The second-order valence-corrected chi connectivity index (χ2v) is 4.73. The average Bonchev–Trinajstić information content (AvgIpc) is 2.38. The Labute approximate surface area is 110 Å². The molecule has 4 nitrogen and oxygen atoms in total. The number of hydrogen-bond donors (Lipinski definition) is 1. The molecule has 1 atom stereocenters. The van der Waals surface area contributed by atoms with Crippen molar-refractivity contribution in [3.63, 3.8) is 0 Å². The van der Waals surface area contributed by atoms with Gasteiger partial charge in [-0.05, 0) is 37.5 Å². The molecule has 18 heavy (non-hydrogen) atoms. The zero-order chi connectivity index (χ0) is 13.1. The number of aliphatic carboxylic acids is 1. The van der Waals surface area contributed by atoms with E-state index in [4.69, 9.17) is 16.9 Å². The predicted molar refractivity (Wildman–Crippen MR) is 68.8 cm³/mol. The number of anilines is 1. The Hall–Kier alpha value is -1.73. The number of halogens is 1. The standard InChI is InChI=1S/C13H13ClN2O2/c14-10-7-9(8-15)4-5-11(10)16-6-2-1-3-12(16)13(17)18/h4-5,7,12H,1-3,6H2,(H,17,18). The molecular weight excluding hydrogens is 252 g/mol. The van der Waals surface area contributed by atoms with Gasteiger partial charge in [0.2, 0.25) is 0 Å². The summed E-state index contributed by atoms with van der Waals surface area (Å²) in [5, 5.41) is 18.4. The Morgan fingerprint density at radius 3 is 2.89 bits per heavy atom. The van der Waals surface area contributed by atoms with Crippen molar-refractivity contribution in [2.24, 2.45) is 0 Å². The molecule has 1 saturated heterocycles. The van der Waals surface area contributed by atoms with E-state index in [0.717, 1.165) is 12.8 Å². The molecule has 1 aliphatic heterocycles. The third-order valence-electron chi connectivity index (χ3n) is 3.17. The van der Waals surface area contributed by atoms with Gasteiger partial charge in [-0.3, -0.25) is 0 Å². The lowest BCUT2D eigenvalue weighted by Crippen LogP contribution is -2.44. The van der Waals surface area contributed by atoms with Crippen molar-refractivity contribution in [1.29, 1.82) is 5.26 Å². The van der Waals surface area contributed by atoms with Gasteiger partial charge in [0.15, 0.2) is 0 Å². The minimum Gasteiger partial charge on any atom is -0.480 e. The summed E-state index contributed by atoms with van der Waals surface area (Å²) in [6.45, 7) is 0.683. The van der Waals surface area contributed by atoms with Crippen molar-refractivity contribution in [2.45, 2.75) is 25.3 Å². The highest BCUT2D eigenvalue weighted by Gasteiger charge is 2.29. The maximum Gasteiger partial charge on any atom is 0.326 e. The van der Waals surface area contributed by atoms with Crippen LogP contribution in [0.4, 0.5) is 5.69 Å². The number of hydrogen-bond acceptors (Lipinski definition) is 3. The molecule has 2 rings (SSSR count). The number of benzene rings is 1. The van der Waals surface area contributed by atoms with Gasteiger partial charge in [0.05, 0.1) is 22.3 Å². The first-order chi connectivity index (χ1) is 8.63. The minimum absolute atomic E-state index is 0.433. The van der Waals surface area contributed by atoms with E-state index in [1.165, 1.54) is 0 Å². The number of carboxylic acid groups (broad SMARTS) is 1. The summed E-state index contributed by atoms with van der Waals surface area (Å²) < 4.78 is 0. The van der Waals surface area contributed by atoms with E-state index in [-0.39, 0.29) is 0 Å². The summed E-state index contributed by atoms with van der Waals surface area (Å²) in [6.07, 6.45) is 2.51. The summed E-state index contributed by atoms with van der Waals surface area (Å²) in [5.41, 5.74) is 1.18. The van der Waals surface area contributed by atoms with Gasteiger partial charge in [-0.1, -0.05) is 11.6 Å². The summed E-state index contributed by atoms with van der Waals surface area (Å²) >= 11 is 6.13. The predicted octanol–water partition coefficient (Wildman–Crippen LogP) is 2.66. The van der Waals surface area contributed by atoms with Crippen LogP contribution in [0.2, 0.25) is 5.02 Å². The highest BCUT2D eigenvalue weighted by Crippen LogP contribution is 2.31. The van der Waals surface area contributed by atoms with Crippen LogP contribution in [-0.2, 0) is 4.79 Å². The third kappa shape index (κ3) is 2.41. The average molecular weight is 265 g/mol. The normalized spacial score (nSPS) is 19.3. The summed E-state index contributed by atoms with van der Waals surface area (Å²) in [6, 6.07) is 6.45. The van der Waals surface area contributed by atoms with Crippen molar-refractivity contribution >= 4 is 23.3 Å². The second-order valence-electron chi connectivity index (χ2n) is 4.32. The zero-order valence-electron chi connectivity index (χ0n) is 9.77. The second kappa shape index (κ2) is 5.28. The summed E-state index contributed by atoms with van der Waals surface area (Å²) in [7, 11) is 0. The lowest BCUT2D eigenvalue weighted by Gasteiger charge is -2.35. The fourth-order valence-corrected chi connectivity index (χ4v) is 2.58. The molecule has 0 radical (unpaired) electrons. The first kappa shape index (κ1) is 12.7. The van der Waals surface area contributed by atoms with Crippen LogP contribution in [0.3, 0.4) is 0 Å².